The van der Waals surface area contributed by atoms with Crippen LogP contribution in [-0.2, 0) is 16.4 Å². The highest BCUT2D eigenvalue weighted by atomic mass is 32.2. The van der Waals surface area contributed by atoms with Crippen LogP contribution in [0.4, 0.5) is 5.69 Å². The van der Waals surface area contributed by atoms with Crippen molar-refractivity contribution in [1.29, 1.82) is 0 Å². The van der Waals surface area contributed by atoms with Crippen LogP contribution in [0.5, 0.6) is 0 Å². The molecule has 3 rings (SSSR count). The zero-order valence-electron chi connectivity index (χ0n) is 18.1. The van der Waals surface area contributed by atoms with Gasteiger partial charge in [0.05, 0.1) is 10.6 Å². The van der Waals surface area contributed by atoms with Crippen LogP contribution in [0.3, 0.4) is 0 Å². The molecule has 0 fully saturated rings. The van der Waals surface area contributed by atoms with Crippen molar-refractivity contribution in [2.24, 2.45) is 0 Å². The van der Waals surface area contributed by atoms with Crippen molar-refractivity contribution in [3.05, 3.63) is 95.1 Å². The zero-order chi connectivity index (χ0) is 22.4. The van der Waals surface area contributed by atoms with E-state index in [1.54, 1.807) is 24.3 Å². The Morgan fingerprint density at radius 2 is 1.52 bits per heavy atom. The first-order chi connectivity index (χ1) is 14.8. The van der Waals surface area contributed by atoms with Gasteiger partial charge < -0.3 is 5.32 Å². The minimum absolute atomic E-state index is 0.0860. The first kappa shape index (κ1) is 22.6. The molecule has 0 aromatic heterocycles. The number of carbonyl (C=O) groups excluding carboxylic acids is 1. The number of aryl methyl sites for hydroxylation is 3. The summed E-state index contributed by atoms with van der Waals surface area (Å²) in [7, 11) is -2.26. The van der Waals surface area contributed by atoms with Crippen molar-refractivity contribution < 1.29 is 13.2 Å². The van der Waals surface area contributed by atoms with Crippen LogP contribution in [0.1, 0.15) is 33.5 Å². The fourth-order valence-electron chi connectivity index (χ4n) is 3.20. The third-order valence-corrected chi connectivity index (χ3v) is 6.98. The van der Waals surface area contributed by atoms with E-state index in [9.17, 15) is 13.2 Å². The minimum Gasteiger partial charge on any atom is -0.352 e. The van der Waals surface area contributed by atoms with E-state index in [0.717, 1.165) is 18.4 Å². The first-order valence-electron chi connectivity index (χ1n) is 10.3. The summed E-state index contributed by atoms with van der Waals surface area (Å²) < 4.78 is 27.3. The summed E-state index contributed by atoms with van der Waals surface area (Å²) in [5.74, 6) is -0.279. The Balaban J connectivity index is 1.63. The number of nitrogens with one attached hydrogen (secondary N) is 1. The normalized spacial score (nSPS) is 11.2. The standard InChI is InChI=1S/C25H28N2O3S/c1-19-9-13-21(14-10-19)6-5-17-26-25(28)22-7-4-8-24(18-22)31(29,30)27(3)23-15-11-20(2)12-16-23/h4,7-16,18H,5-6,17H2,1-3H3,(H,26,28). The Morgan fingerprint density at radius 3 is 2.16 bits per heavy atom. The molecule has 31 heavy (non-hydrogen) atoms. The van der Waals surface area contributed by atoms with Crippen molar-refractivity contribution in [2.75, 3.05) is 17.9 Å². The summed E-state index contributed by atoms with van der Waals surface area (Å²) in [6, 6.07) is 21.7. The van der Waals surface area contributed by atoms with E-state index in [0.29, 0.717) is 17.8 Å². The maximum Gasteiger partial charge on any atom is 0.264 e. The molecule has 0 aliphatic carbocycles. The van der Waals surface area contributed by atoms with E-state index in [2.05, 4.69) is 36.5 Å². The summed E-state index contributed by atoms with van der Waals surface area (Å²) in [4.78, 5) is 12.6. The molecule has 0 aliphatic heterocycles. The highest BCUT2D eigenvalue weighted by Gasteiger charge is 2.22. The molecule has 0 aliphatic rings. The van der Waals surface area contributed by atoms with Gasteiger partial charge in [-0.3, -0.25) is 9.10 Å². The Morgan fingerprint density at radius 1 is 0.903 bits per heavy atom. The Labute approximate surface area is 184 Å². The molecule has 0 saturated carbocycles. The van der Waals surface area contributed by atoms with Crippen LogP contribution in [-0.4, -0.2) is 27.9 Å². The van der Waals surface area contributed by atoms with Crippen molar-refractivity contribution in [2.45, 2.75) is 31.6 Å². The maximum absolute atomic E-state index is 13.0. The van der Waals surface area contributed by atoms with E-state index in [4.69, 9.17) is 0 Å². The van der Waals surface area contributed by atoms with Crippen LogP contribution in [0.25, 0.3) is 0 Å². The van der Waals surface area contributed by atoms with Crippen molar-refractivity contribution in [3.63, 3.8) is 0 Å². The second kappa shape index (κ2) is 9.79. The lowest BCUT2D eigenvalue weighted by atomic mass is 10.1. The predicted molar refractivity (Wildman–Crippen MR) is 125 cm³/mol. The van der Waals surface area contributed by atoms with Gasteiger partial charge in [-0.05, 0) is 62.6 Å². The van der Waals surface area contributed by atoms with E-state index in [1.807, 2.05) is 19.1 Å². The van der Waals surface area contributed by atoms with Crippen LogP contribution in [0, 0.1) is 13.8 Å². The number of benzene rings is 3. The fourth-order valence-corrected chi connectivity index (χ4v) is 4.44. The number of hydrogen-bond acceptors (Lipinski definition) is 3. The van der Waals surface area contributed by atoms with Crippen molar-refractivity contribution in [3.8, 4) is 0 Å². The molecule has 0 unspecified atom stereocenters. The number of nitrogens with zero attached hydrogens (tertiary/aromatic N) is 1. The topological polar surface area (TPSA) is 66.5 Å². The lowest BCUT2D eigenvalue weighted by Gasteiger charge is -2.20. The monoisotopic (exact) mass is 436 g/mol. The molecule has 0 atom stereocenters. The fraction of sp³-hybridized carbons (Fsp3) is 0.240. The van der Waals surface area contributed by atoms with Gasteiger partial charge in [-0.1, -0.05) is 53.6 Å². The van der Waals surface area contributed by atoms with Crippen LogP contribution in [0.15, 0.2) is 77.7 Å². The third-order valence-electron chi connectivity index (χ3n) is 5.20. The molecule has 3 aromatic carbocycles. The molecule has 0 saturated heterocycles. The summed E-state index contributed by atoms with van der Waals surface area (Å²) in [5.41, 5.74) is 4.40. The zero-order valence-corrected chi connectivity index (χ0v) is 18.9. The smallest absolute Gasteiger partial charge is 0.264 e. The number of anilines is 1. The number of amides is 1. The van der Waals surface area contributed by atoms with Gasteiger partial charge in [-0.2, -0.15) is 0 Å². The molecule has 6 heteroatoms. The van der Waals surface area contributed by atoms with Gasteiger partial charge in [-0.25, -0.2) is 8.42 Å². The largest absolute Gasteiger partial charge is 0.352 e. The first-order valence-corrected chi connectivity index (χ1v) is 11.7. The van der Waals surface area contributed by atoms with Crippen molar-refractivity contribution in [1.82, 2.24) is 5.32 Å². The summed E-state index contributed by atoms with van der Waals surface area (Å²) >= 11 is 0. The number of carbonyl (C=O) groups is 1. The van der Waals surface area contributed by atoms with E-state index < -0.39 is 10.0 Å². The second-order valence-electron chi connectivity index (χ2n) is 7.68. The maximum atomic E-state index is 13.0. The Kier molecular flexibility index (Phi) is 7.13. The van der Waals surface area contributed by atoms with Gasteiger partial charge in [-0.15, -0.1) is 0 Å². The molecule has 1 N–H and O–H groups in total. The van der Waals surface area contributed by atoms with Crippen LogP contribution in [0.2, 0.25) is 0 Å². The number of sulfonamides is 1. The molecule has 5 nitrogen and oxygen atoms in total. The lowest BCUT2D eigenvalue weighted by Crippen LogP contribution is -2.28. The summed E-state index contributed by atoms with van der Waals surface area (Å²) in [6.45, 7) is 4.52. The Bertz CT molecular complexity index is 1140. The molecule has 3 aromatic rings. The molecule has 0 spiro atoms. The van der Waals surface area contributed by atoms with Gasteiger partial charge in [0, 0.05) is 19.2 Å². The summed E-state index contributed by atoms with van der Waals surface area (Å²) in [6.07, 6.45) is 1.68. The minimum atomic E-state index is -3.77. The highest BCUT2D eigenvalue weighted by Crippen LogP contribution is 2.23. The number of rotatable bonds is 8. The molecular formula is C25H28N2O3S. The van der Waals surface area contributed by atoms with Gasteiger partial charge >= 0.3 is 0 Å². The molecule has 0 radical (unpaired) electrons. The molecule has 0 heterocycles. The molecular weight excluding hydrogens is 408 g/mol. The van der Waals surface area contributed by atoms with Gasteiger partial charge in [0.15, 0.2) is 0 Å². The second-order valence-corrected chi connectivity index (χ2v) is 9.65. The van der Waals surface area contributed by atoms with Gasteiger partial charge in [0.2, 0.25) is 0 Å². The van der Waals surface area contributed by atoms with Crippen LogP contribution >= 0.6 is 0 Å². The predicted octanol–water partition coefficient (Wildman–Crippen LogP) is 4.49. The number of hydrogen-bond donors (Lipinski definition) is 1. The Hall–Kier alpha value is -3.12. The SMILES string of the molecule is Cc1ccc(CCCNC(=O)c2cccc(S(=O)(=O)N(C)c3ccc(C)cc3)c2)cc1. The highest BCUT2D eigenvalue weighted by molar-refractivity contribution is 7.92. The molecule has 1 amide bonds. The van der Waals surface area contributed by atoms with E-state index in [-0.39, 0.29) is 10.8 Å². The third kappa shape index (κ3) is 5.73. The quantitative estimate of drug-likeness (QED) is 0.529. The van der Waals surface area contributed by atoms with Crippen molar-refractivity contribution >= 4 is 21.6 Å². The summed E-state index contributed by atoms with van der Waals surface area (Å²) in [5, 5.41) is 2.88. The average Bonchev–Trinajstić information content (AvgIpc) is 2.78. The van der Waals surface area contributed by atoms with E-state index >= 15 is 0 Å². The molecule has 162 valence electrons. The van der Waals surface area contributed by atoms with Gasteiger partial charge in [0.25, 0.3) is 15.9 Å². The van der Waals surface area contributed by atoms with Crippen LogP contribution < -0.4 is 9.62 Å². The van der Waals surface area contributed by atoms with Gasteiger partial charge in [0.1, 0.15) is 0 Å². The lowest BCUT2D eigenvalue weighted by molar-refractivity contribution is 0.0953. The average molecular weight is 437 g/mol. The molecule has 0 bridgehead atoms. The van der Waals surface area contributed by atoms with E-state index in [1.165, 1.54) is 34.6 Å².